The van der Waals surface area contributed by atoms with E-state index in [2.05, 4.69) is 4.90 Å². The largest absolute Gasteiger partial charge is 0.370 e. The van der Waals surface area contributed by atoms with Crippen molar-refractivity contribution in [1.29, 1.82) is 0 Å². The fourth-order valence-corrected chi connectivity index (χ4v) is 2.72. The van der Waals surface area contributed by atoms with E-state index in [0.717, 1.165) is 38.0 Å². The van der Waals surface area contributed by atoms with Gasteiger partial charge in [-0.1, -0.05) is 12.1 Å². The molecule has 104 valence electrons. The summed E-state index contributed by atoms with van der Waals surface area (Å²) in [5.74, 6) is 0.152. The van der Waals surface area contributed by atoms with Crippen molar-refractivity contribution in [3.8, 4) is 0 Å². The number of carbonyl (C=O) groups is 1. The SMILES string of the molecule is NC(=O)CCC1CCCN(Cc2ccc(F)cc2)C1. The number of likely N-dealkylation sites (tertiary alicyclic amines) is 1. The van der Waals surface area contributed by atoms with E-state index in [1.54, 1.807) is 0 Å². The summed E-state index contributed by atoms with van der Waals surface area (Å²) in [5.41, 5.74) is 6.33. The monoisotopic (exact) mass is 264 g/mol. The molecule has 1 amide bonds. The Bertz CT molecular complexity index is 419. The molecule has 1 unspecified atom stereocenters. The van der Waals surface area contributed by atoms with Crippen LogP contribution in [0.25, 0.3) is 0 Å². The van der Waals surface area contributed by atoms with Crippen LogP contribution in [0.4, 0.5) is 4.39 Å². The maximum absolute atomic E-state index is 12.8. The molecule has 2 rings (SSSR count). The van der Waals surface area contributed by atoms with Crippen molar-refractivity contribution in [3.05, 3.63) is 35.6 Å². The van der Waals surface area contributed by atoms with Crippen LogP contribution < -0.4 is 5.73 Å². The Labute approximate surface area is 113 Å². The molecule has 4 heteroatoms. The van der Waals surface area contributed by atoms with E-state index in [4.69, 9.17) is 5.73 Å². The van der Waals surface area contributed by atoms with E-state index in [-0.39, 0.29) is 11.7 Å². The van der Waals surface area contributed by atoms with Crippen LogP contribution in [0.5, 0.6) is 0 Å². The van der Waals surface area contributed by atoms with Gasteiger partial charge in [-0.05, 0) is 49.4 Å². The second-order valence-electron chi connectivity index (χ2n) is 5.37. The molecule has 1 saturated heterocycles. The fourth-order valence-electron chi connectivity index (χ4n) is 2.72. The van der Waals surface area contributed by atoms with Crippen LogP contribution in [0.3, 0.4) is 0 Å². The number of hydrogen-bond donors (Lipinski definition) is 1. The molecule has 1 aliphatic rings. The maximum atomic E-state index is 12.8. The predicted octanol–water partition coefficient (Wildman–Crippen LogP) is 2.30. The fraction of sp³-hybridized carbons (Fsp3) is 0.533. The number of carbonyl (C=O) groups excluding carboxylic acids is 1. The third-order valence-electron chi connectivity index (χ3n) is 3.72. The van der Waals surface area contributed by atoms with Crippen molar-refractivity contribution in [1.82, 2.24) is 4.90 Å². The second-order valence-corrected chi connectivity index (χ2v) is 5.37. The lowest BCUT2D eigenvalue weighted by molar-refractivity contribution is -0.118. The van der Waals surface area contributed by atoms with Gasteiger partial charge in [-0.15, -0.1) is 0 Å². The van der Waals surface area contributed by atoms with Crippen LogP contribution in [0.15, 0.2) is 24.3 Å². The molecule has 19 heavy (non-hydrogen) atoms. The number of primary amides is 1. The first kappa shape index (κ1) is 14.0. The number of hydrogen-bond acceptors (Lipinski definition) is 2. The van der Waals surface area contributed by atoms with Gasteiger partial charge < -0.3 is 5.73 Å². The quantitative estimate of drug-likeness (QED) is 0.887. The summed E-state index contributed by atoms with van der Waals surface area (Å²) in [7, 11) is 0. The highest BCUT2D eigenvalue weighted by Gasteiger charge is 2.20. The molecule has 1 aromatic rings. The molecule has 1 atom stereocenters. The molecule has 0 radical (unpaired) electrons. The highest BCUT2D eigenvalue weighted by Crippen LogP contribution is 2.22. The first-order chi connectivity index (χ1) is 9.13. The maximum Gasteiger partial charge on any atom is 0.217 e. The zero-order valence-electron chi connectivity index (χ0n) is 11.1. The van der Waals surface area contributed by atoms with Crippen molar-refractivity contribution in [2.45, 2.75) is 32.2 Å². The Morgan fingerprint density at radius 1 is 1.37 bits per heavy atom. The number of nitrogens with two attached hydrogens (primary N) is 1. The summed E-state index contributed by atoms with van der Waals surface area (Å²) in [6.45, 7) is 2.93. The van der Waals surface area contributed by atoms with E-state index in [9.17, 15) is 9.18 Å². The minimum absolute atomic E-state index is 0.193. The molecule has 0 aromatic heterocycles. The van der Waals surface area contributed by atoms with Crippen LogP contribution >= 0.6 is 0 Å². The van der Waals surface area contributed by atoms with Crippen molar-refractivity contribution < 1.29 is 9.18 Å². The van der Waals surface area contributed by atoms with Gasteiger partial charge in [0, 0.05) is 19.5 Å². The molecule has 0 bridgehead atoms. The third-order valence-corrected chi connectivity index (χ3v) is 3.72. The number of benzene rings is 1. The van der Waals surface area contributed by atoms with Gasteiger partial charge in [0.2, 0.25) is 5.91 Å². The van der Waals surface area contributed by atoms with Crippen LogP contribution in [0.1, 0.15) is 31.2 Å². The third kappa shape index (κ3) is 4.63. The number of nitrogens with zero attached hydrogens (tertiary/aromatic N) is 1. The van der Waals surface area contributed by atoms with Crippen LogP contribution in [-0.4, -0.2) is 23.9 Å². The molecule has 1 aromatic carbocycles. The molecule has 0 saturated carbocycles. The minimum atomic E-state index is -0.212. The Kier molecular flexibility index (Phi) is 4.91. The van der Waals surface area contributed by atoms with Crippen molar-refractivity contribution in [3.63, 3.8) is 0 Å². The topological polar surface area (TPSA) is 46.3 Å². The standard InChI is InChI=1S/C15H21FN2O/c16-14-6-3-13(4-7-14)11-18-9-1-2-12(10-18)5-8-15(17)19/h3-4,6-7,12H,1-2,5,8-11H2,(H2,17,19). The lowest BCUT2D eigenvalue weighted by atomic mass is 9.93. The summed E-state index contributed by atoms with van der Waals surface area (Å²) < 4.78 is 12.8. The van der Waals surface area contributed by atoms with Crippen LogP contribution in [0.2, 0.25) is 0 Å². The van der Waals surface area contributed by atoms with E-state index < -0.39 is 0 Å². The highest BCUT2D eigenvalue weighted by molar-refractivity contribution is 5.73. The molecule has 1 fully saturated rings. The van der Waals surface area contributed by atoms with Gasteiger partial charge >= 0.3 is 0 Å². The smallest absolute Gasteiger partial charge is 0.217 e. The van der Waals surface area contributed by atoms with Crippen LogP contribution in [-0.2, 0) is 11.3 Å². The lowest BCUT2D eigenvalue weighted by Gasteiger charge is -2.32. The molecule has 0 aliphatic carbocycles. The number of amides is 1. The normalized spacial score (nSPS) is 20.4. The molecule has 1 heterocycles. The molecule has 1 aliphatic heterocycles. The molecule has 3 nitrogen and oxygen atoms in total. The molecular formula is C15H21FN2O. The molecule has 0 spiro atoms. The second kappa shape index (κ2) is 6.66. The average molecular weight is 264 g/mol. The van der Waals surface area contributed by atoms with Crippen LogP contribution in [0, 0.1) is 11.7 Å². The van der Waals surface area contributed by atoms with Gasteiger partial charge in [0.15, 0.2) is 0 Å². The Hall–Kier alpha value is -1.42. The van der Waals surface area contributed by atoms with Gasteiger partial charge in [-0.25, -0.2) is 4.39 Å². The summed E-state index contributed by atoms with van der Waals surface area (Å²) in [5, 5.41) is 0. The molecule has 2 N–H and O–H groups in total. The van der Waals surface area contributed by atoms with Gasteiger partial charge in [0.05, 0.1) is 0 Å². The summed E-state index contributed by atoms with van der Waals surface area (Å²) in [6.07, 6.45) is 3.70. The van der Waals surface area contributed by atoms with E-state index in [1.165, 1.54) is 18.6 Å². The first-order valence-corrected chi connectivity index (χ1v) is 6.88. The van der Waals surface area contributed by atoms with Gasteiger partial charge in [0.1, 0.15) is 5.82 Å². The van der Waals surface area contributed by atoms with E-state index in [1.807, 2.05) is 12.1 Å². The van der Waals surface area contributed by atoms with E-state index in [0.29, 0.717) is 12.3 Å². The zero-order chi connectivity index (χ0) is 13.7. The summed E-state index contributed by atoms with van der Waals surface area (Å²) >= 11 is 0. The summed E-state index contributed by atoms with van der Waals surface area (Å²) in [6, 6.07) is 6.68. The van der Waals surface area contributed by atoms with Crippen molar-refractivity contribution in [2.24, 2.45) is 11.7 Å². The number of halogens is 1. The average Bonchev–Trinajstić information content (AvgIpc) is 2.40. The minimum Gasteiger partial charge on any atom is -0.370 e. The van der Waals surface area contributed by atoms with Gasteiger partial charge in [0.25, 0.3) is 0 Å². The van der Waals surface area contributed by atoms with Gasteiger partial charge in [-0.3, -0.25) is 9.69 Å². The molecular weight excluding hydrogens is 243 g/mol. The number of piperidine rings is 1. The lowest BCUT2D eigenvalue weighted by Crippen LogP contribution is -2.35. The predicted molar refractivity (Wildman–Crippen MR) is 72.8 cm³/mol. The Morgan fingerprint density at radius 2 is 2.11 bits per heavy atom. The first-order valence-electron chi connectivity index (χ1n) is 6.88. The Balaban J connectivity index is 1.83. The van der Waals surface area contributed by atoms with Crippen molar-refractivity contribution in [2.75, 3.05) is 13.1 Å². The highest BCUT2D eigenvalue weighted by atomic mass is 19.1. The van der Waals surface area contributed by atoms with E-state index >= 15 is 0 Å². The zero-order valence-corrected chi connectivity index (χ0v) is 11.1. The van der Waals surface area contributed by atoms with Crippen molar-refractivity contribution >= 4 is 5.91 Å². The Morgan fingerprint density at radius 3 is 2.79 bits per heavy atom. The summed E-state index contributed by atoms with van der Waals surface area (Å²) in [4.78, 5) is 13.2. The van der Waals surface area contributed by atoms with Gasteiger partial charge in [-0.2, -0.15) is 0 Å². The number of rotatable bonds is 5.